The molecule has 0 heterocycles. The second kappa shape index (κ2) is 7.54. The summed E-state index contributed by atoms with van der Waals surface area (Å²) in [6.45, 7) is 5.35. The minimum absolute atomic E-state index is 0.0597. The van der Waals surface area contributed by atoms with Gasteiger partial charge in [-0.15, -0.1) is 0 Å². The second-order valence-electron chi connectivity index (χ2n) is 4.29. The van der Waals surface area contributed by atoms with Gasteiger partial charge in [-0.25, -0.2) is 0 Å². The average molecular weight is 314 g/mol. The number of Topliss-reactive ketones (excluding diaryl/α,β-unsaturated/α-hetero) is 1. The summed E-state index contributed by atoms with van der Waals surface area (Å²) in [4.78, 5) is 13.4. The Bertz CT molecular complexity index is 407. The minimum Gasteiger partial charge on any atom is -0.395 e. The van der Waals surface area contributed by atoms with Gasteiger partial charge in [0.1, 0.15) is 0 Å². The Hall–Kier alpha value is -0.870. The molecule has 1 aromatic rings. The quantitative estimate of drug-likeness (QED) is 0.786. The number of ketones is 1. The van der Waals surface area contributed by atoms with E-state index in [1.807, 2.05) is 18.2 Å². The van der Waals surface area contributed by atoms with E-state index in [4.69, 9.17) is 5.11 Å². The highest BCUT2D eigenvalue weighted by atomic mass is 79.9. The standard InChI is InChI=1S/C14H20BrNO2/c1-3-4-7-16(8-9-17)14-6-5-12(11(2)18)10-13(14)15/h5-6,10,17H,3-4,7-9H2,1-2H3. The van der Waals surface area contributed by atoms with Crippen LogP contribution in [0.5, 0.6) is 0 Å². The highest BCUT2D eigenvalue weighted by molar-refractivity contribution is 9.10. The molecular weight excluding hydrogens is 294 g/mol. The molecule has 0 aliphatic rings. The van der Waals surface area contributed by atoms with E-state index >= 15 is 0 Å². The molecule has 0 saturated heterocycles. The van der Waals surface area contributed by atoms with Crippen molar-refractivity contribution >= 4 is 27.4 Å². The Morgan fingerprint density at radius 1 is 1.39 bits per heavy atom. The molecule has 0 atom stereocenters. The molecule has 0 amide bonds. The molecule has 0 radical (unpaired) electrons. The number of carbonyl (C=O) groups is 1. The third-order valence-electron chi connectivity index (χ3n) is 2.85. The molecule has 3 nitrogen and oxygen atoms in total. The summed E-state index contributed by atoms with van der Waals surface area (Å²) in [7, 11) is 0. The number of rotatable bonds is 7. The summed E-state index contributed by atoms with van der Waals surface area (Å²) >= 11 is 3.50. The summed E-state index contributed by atoms with van der Waals surface area (Å²) in [6.07, 6.45) is 2.20. The number of halogens is 1. The van der Waals surface area contributed by atoms with Gasteiger partial charge in [0.05, 0.1) is 12.3 Å². The van der Waals surface area contributed by atoms with Crippen LogP contribution in [0.2, 0.25) is 0 Å². The van der Waals surface area contributed by atoms with E-state index in [9.17, 15) is 4.79 Å². The van der Waals surface area contributed by atoms with Crippen molar-refractivity contribution in [1.29, 1.82) is 0 Å². The lowest BCUT2D eigenvalue weighted by atomic mass is 10.1. The van der Waals surface area contributed by atoms with E-state index in [-0.39, 0.29) is 12.4 Å². The number of aliphatic hydroxyl groups is 1. The number of nitrogens with zero attached hydrogens (tertiary/aromatic N) is 1. The second-order valence-corrected chi connectivity index (χ2v) is 5.14. The third kappa shape index (κ3) is 4.10. The molecule has 0 saturated carbocycles. The van der Waals surface area contributed by atoms with Crippen LogP contribution >= 0.6 is 15.9 Å². The van der Waals surface area contributed by atoms with Crippen LogP contribution in [-0.2, 0) is 0 Å². The molecule has 4 heteroatoms. The van der Waals surface area contributed by atoms with Crippen molar-refractivity contribution in [1.82, 2.24) is 0 Å². The number of unbranched alkanes of at least 4 members (excludes halogenated alkanes) is 1. The first-order chi connectivity index (χ1) is 8.60. The van der Waals surface area contributed by atoms with E-state index in [0.717, 1.165) is 29.5 Å². The largest absolute Gasteiger partial charge is 0.395 e. The molecule has 0 unspecified atom stereocenters. The topological polar surface area (TPSA) is 40.5 Å². The van der Waals surface area contributed by atoms with Crippen LogP contribution in [-0.4, -0.2) is 30.6 Å². The summed E-state index contributed by atoms with van der Waals surface area (Å²) in [5, 5.41) is 9.12. The lowest BCUT2D eigenvalue weighted by molar-refractivity contribution is 0.101. The van der Waals surface area contributed by atoms with Gasteiger partial charge in [0, 0.05) is 23.1 Å². The molecule has 0 bridgehead atoms. The van der Waals surface area contributed by atoms with Gasteiger partial charge in [0.15, 0.2) is 5.78 Å². The Morgan fingerprint density at radius 2 is 2.11 bits per heavy atom. The van der Waals surface area contributed by atoms with Gasteiger partial charge in [0.2, 0.25) is 0 Å². The van der Waals surface area contributed by atoms with Gasteiger partial charge in [-0.2, -0.15) is 0 Å². The van der Waals surface area contributed by atoms with Crippen LogP contribution in [0.3, 0.4) is 0 Å². The maximum Gasteiger partial charge on any atom is 0.159 e. The summed E-state index contributed by atoms with van der Waals surface area (Å²) in [5.74, 6) is 0.0597. The number of carbonyl (C=O) groups excluding carboxylic acids is 1. The maximum atomic E-state index is 11.3. The number of hydrogen-bond donors (Lipinski definition) is 1. The van der Waals surface area contributed by atoms with Gasteiger partial charge in [-0.05, 0) is 47.5 Å². The van der Waals surface area contributed by atoms with Crippen molar-refractivity contribution in [3.8, 4) is 0 Å². The lowest BCUT2D eigenvalue weighted by Crippen LogP contribution is -2.28. The predicted molar refractivity (Wildman–Crippen MR) is 78.4 cm³/mol. The fraction of sp³-hybridized carbons (Fsp3) is 0.500. The smallest absolute Gasteiger partial charge is 0.159 e. The monoisotopic (exact) mass is 313 g/mol. The van der Waals surface area contributed by atoms with Gasteiger partial charge in [-0.3, -0.25) is 4.79 Å². The Balaban J connectivity index is 2.93. The molecule has 1 rings (SSSR count). The molecule has 100 valence electrons. The average Bonchev–Trinajstić information content (AvgIpc) is 2.34. The Labute approximate surface area is 117 Å². The van der Waals surface area contributed by atoms with E-state index in [0.29, 0.717) is 12.1 Å². The van der Waals surface area contributed by atoms with Crippen LogP contribution in [0.1, 0.15) is 37.0 Å². The fourth-order valence-corrected chi connectivity index (χ4v) is 2.43. The van der Waals surface area contributed by atoms with Crippen LogP contribution in [0.4, 0.5) is 5.69 Å². The van der Waals surface area contributed by atoms with E-state index in [1.165, 1.54) is 0 Å². The van der Waals surface area contributed by atoms with Gasteiger partial charge in [-0.1, -0.05) is 13.3 Å². The molecule has 0 spiro atoms. The first-order valence-electron chi connectivity index (χ1n) is 6.26. The van der Waals surface area contributed by atoms with Crippen molar-refractivity contribution < 1.29 is 9.90 Å². The Kier molecular flexibility index (Phi) is 6.36. The minimum atomic E-state index is 0.0597. The molecule has 1 aromatic carbocycles. The van der Waals surface area contributed by atoms with Gasteiger partial charge < -0.3 is 10.0 Å². The van der Waals surface area contributed by atoms with Crippen LogP contribution < -0.4 is 4.90 Å². The molecular formula is C14H20BrNO2. The van der Waals surface area contributed by atoms with Crippen molar-refractivity contribution in [3.63, 3.8) is 0 Å². The van der Waals surface area contributed by atoms with Crippen molar-refractivity contribution in [2.45, 2.75) is 26.7 Å². The van der Waals surface area contributed by atoms with Gasteiger partial charge in [0.25, 0.3) is 0 Å². The zero-order chi connectivity index (χ0) is 13.5. The first-order valence-corrected chi connectivity index (χ1v) is 7.05. The molecule has 0 fully saturated rings. The summed E-state index contributed by atoms with van der Waals surface area (Å²) in [5.41, 5.74) is 1.73. The fourth-order valence-electron chi connectivity index (χ4n) is 1.80. The van der Waals surface area contributed by atoms with Crippen LogP contribution in [0.15, 0.2) is 22.7 Å². The van der Waals surface area contributed by atoms with Crippen molar-refractivity contribution in [3.05, 3.63) is 28.2 Å². The first kappa shape index (κ1) is 15.2. The molecule has 1 N–H and O–H groups in total. The predicted octanol–water partition coefficient (Wildman–Crippen LogP) is 3.25. The molecule has 18 heavy (non-hydrogen) atoms. The van der Waals surface area contributed by atoms with Gasteiger partial charge >= 0.3 is 0 Å². The third-order valence-corrected chi connectivity index (χ3v) is 3.48. The maximum absolute atomic E-state index is 11.3. The van der Waals surface area contributed by atoms with Crippen LogP contribution in [0, 0.1) is 0 Å². The molecule has 0 aromatic heterocycles. The van der Waals surface area contributed by atoms with Crippen molar-refractivity contribution in [2.24, 2.45) is 0 Å². The highest BCUT2D eigenvalue weighted by Gasteiger charge is 2.11. The normalized spacial score (nSPS) is 10.4. The SMILES string of the molecule is CCCCN(CCO)c1ccc(C(C)=O)cc1Br. The van der Waals surface area contributed by atoms with Crippen LogP contribution in [0.25, 0.3) is 0 Å². The van der Waals surface area contributed by atoms with Crippen molar-refractivity contribution in [2.75, 3.05) is 24.6 Å². The zero-order valence-corrected chi connectivity index (χ0v) is 12.5. The van der Waals surface area contributed by atoms with E-state index < -0.39 is 0 Å². The number of anilines is 1. The highest BCUT2D eigenvalue weighted by Crippen LogP contribution is 2.27. The zero-order valence-electron chi connectivity index (χ0n) is 10.9. The van der Waals surface area contributed by atoms with E-state index in [2.05, 4.69) is 27.8 Å². The number of aliphatic hydroxyl groups excluding tert-OH is 1. The molecule has 0 aliphatic heterocycles. The summed E-state index contributed by atoms with van der Waals surface area (Å²) < 4.78 is 0.903. The Morgan fingerprint density at radius 3 is 2.61 bits per heavy atom. The van der Waals surface area contributed by atoms with E-state index in [1.54, 1.807) is 6.92 Å². The number of hydrogen-bond acceptors (Lipinski definition) is 3. The molecule has 0 aliphatic carbocycles. The number of benzene rings is 1. The summed E-state index contributed by atoms with van der Waals surface area (Å²) in [6, 6.07) is 5.61. The lowest BCUT2D eigenvalue weighted by Gasteiger charge is -2.25.